The highest BCUT2D eigenvalue weighted by atomic mass is 79.9. The summed E-state index contributed by atoms with van der Waals surface area (Å²) < 4.78 is 12.8. The average Bonchev–Trinajstić information content (AvgIpc) is 3.25. The van der Waals surface area contributed by atoms with Gasteiger partial charge in [-0.25, -0.2) is 4.98 Å². The fourth-order valence-corrected chi connectivity index (χ4v) is 6.07. The molecule has 0 saturated carbocycles. The maximum Gasteiger partial charge on any atom is 0.229 e. The number of morpholine rings is 1. The van der Waals surface area contributed by atoms with Crippen molar-refractivity contribution >= 4 is 60.3 Å². The Morgan fingerprint density at radius 1 is 1.24 bits per heavy atom. The van der Waals surface area contributed by atoms with Crippen LogP contribution >= 0.6 is 39.0 Å². The number of carbonyl (C=O) groups excluding carboxylic acids is 1. The minimum absolute atomic E-state index is 0.121. The molecule has 2 aromatic carbocycles. The summed E-state index contributed by atoms with van der Waals surface area (Å²) in [5.41, 5.74) is 0.928. The van der Waals surface area contributed by atoms with Crippen molar-refractivity contribution < 1.29 is 14.3 Å². The number of benzene rings is 2. The van der Waals surface area contributed by atoms with Crippen LogP contribution in [0.25, 0.3) is 10.2 Å². The standard InChI is InChI=1S/C24H28BrN3O3S2/c1-30-19-4-6-20(7-5-19)32-16-9-23(29)28(11-2-10-27-12-14-31-15-13-27)24-26-21-8-3-18(25)17-22(21)33-24/h3-8,17H,2,9-16H2,1H3. The van der Waals surface area contributed by atoms with E-state index in [1.807, 2.05) is 41.3 Å². The third-order valence-corrected chi connectivity index (χ3v) is 8.02. The van der Waals surface area contributed by atoms with Crippen molar-refractivity contribution in [1.82, 2.24) is 9.88 Å². The predicted octanol–water partition coefficient (Wildman–Crippen LogP) is 5.31. The van der Waals surface area contributed by atoms with E-state index < -0.39 is 0 Å². The fourth-order valence-electron chi connectivity index (χ4n) is 3.67. The predicted molar refractivity (Wildman–Crippen MR) is 140 cm³/mol. The monoisotopic (exact) mass is 549 g/mol. The number of hydrogen-bond acceptors (Lipinski definition) is 7. The number of nitrogens with zero attached hydrogens (tertiary/aromatic N) is 3. The number of amides is 1. The minimum Gasteiger partial charge on any atom is -0.497 e. The third-order valence-electron chi connectivity index (χ3n) is 5.48. The molecule has 1 aromatic heterocycles. The van der Waals surface area contributed by atoms with Gasteiger partial charge in [0, 0.05) is 47.7 Å². The normalized spacial score (nSPS) is 14.5. The number of ether oxygens (including phenoxy) is 2. The first-order chi connectivity index (χ1) is 16.1. The first-order valence-corrected chi connectivity index (χ1v) is 13.7. The number of thiazole rings is 1. The zero-order chi connectivity index (χ0) is 23.0. The van der Waals surface area contributed by atoms with Crippen molar-refractivity contribution in [3.63, 3.8) is 0 Å². The summed E-state index contributed by atoms with van der Waals surface area (Å²) >= 11 is 6.79. The Balaban J connectivity index is 1.40. The second-order valence-corrected chi connectivity index (χ2v) is 10.8. The van der Waals surface area contributed by atoms with Gasteiger partial charge in [0.15, 0.2) is 5.13 Å². The molecule has 0 spiro atoms. The molecule has 176 valence electrons. The lowest BCUT2D eigenvalue weighted by molar-refractivity contribution is -0.118. The zero-order valence-electron chi connectivity index (χ0n) is 18.7. The van der Waals surface area contributed by atoms with Crippen molar-refractivity contribution in [2.45, 2.75) is 17.7 Å². The second kappa shape index (κ2) is 12.2. The first-order valence-electron chi connectivity index (χ1n) is 11.1. The molecule has 1 saturated heterocycles. The highest BCUT2D eigenvalue weighted by Crippen LogP contribution is 2.32. The van der Waals surface area contributed by atoms with E-state index in [2.05, 4.69) is 26.9 Å². The summed E-state index contributed by atoms with van der Waals surface area (Å²) in [6.45, 7) is 5.13. The summed E-state index contributed by atoms with van der Waals surface area (Å²) in [6, 6.07) is 14.0. The minimum atomic E-state index is 0.121. The Bertz CT molecular complexity index is 1050. The Morgan fingerprint density at radius 2 is 2.03 bits per heavy atom. The molecule has 9 heteroatoms. The Kier molecular flexibility index (Phi) is 9.03. The molecule has 1 aliphatic rings. The van der Waals surface area contributed by atoms with Crippen LogP contribution in [0, 0.1) is 0 Å². The van der Waals surface area contributed by atoms with Crippen molar-refractivity contribution in [3.8, 4) is 5.75 Å². The molecule has 1 aliphatic heterocycles. The lowest BCUT2D eigenvalue weighted by Crippen LogP contribution is -2.39. The summed E-state index contributed by atoms with van der Waals surface area (Å²) in [5.74, 6) is 1.68. The molecule has 6 nitrogen and oxygen atoms in total. The maximum atomic E-state index is 13.3. The summed E-state index contributed by atoms with van der Waals surface area (Å²) in [4.78, 5) is 23.5. The molecule has 0 N–H and O–H groups in total. The Labute approximate surface area is 211 Å². The van der Waals surface area contributed by atoms with Gasteiger partial charge < -0.3 is 9.47 Å². The number of aromatic nitrogens is 1. The van der Waals surface area contributed by atoms with E-state index >= 15 is 0 Å². The van der Waals surface area contributed by atoms with Crippen LogP contribution in [0.15, 0.2) is 51.8 Å². The molecule has 3 aromatic rings. The van der Waals surface area contributed by atoms with Crippen LogP contribution in [0.3, 0.4) is 0 Å². The molecule has 2 heterocycles. The van der Waals surface area contributed by atoms with Crippen molar-refractivity contribution in [2.75, 3.05) is 57.2 Å². The van der Waals surface area contributed by atoms with Gasteiger partial charge in [-0.1, -0.05) is 27.3 Å². The summed E-state index contributed by atoms with van der Waals surface area (Å²) in [7, 11) is 1.66. The number of anilines is 1. The number of carbonyl (C=O) groups is 1. The highest BCUT2D eigenvalue weighted by molar-refractivity contribution is 9.10. The Hall–Kier alpha value is -1.65. The van der Waals surface area contributed by atoms with Crippen molar-refractivity contribution in [2.24, 2.45) is 0 Å². The van der Waals surface area contributed by atoms with Gasteiger partial charge in [0.2, 0.25) is 5.91 Å². The quantitative estimate of drug-likeness (QED) is 0.319. The van der Waals surface area contributed by atoms with Gasteiger partial charge in [0.25, 0.3) is 0 Å². The molecular weight excluding hydrogens is 522 g/mol. The number of rotatable bonds is 10. The lowest BCUT2D eigenvalue weighted by atomic mass is 10.3. The van der Waals surface area contributed by atoms with E-state index in [1.165, 1.54) is 0 Å². The number of thioether (sulfide) groups is 1. The van der Waals surface area contributed by atoms with Gasteiger partial charge in [0.1, 0.15) is 5.75 Å². The number of fused-ring (bicyclic) bond motifs is 1. The number of hydrogen-bond donors (Lipinski definition) is 0. The molecule has 33 heavy (non-hydrogen) atoms. The van der Waals surface area contributed by atoms with E-state index in [0.29, 0.717) is 13.0 Å². The second-order valence-electron chi connectivity index (χ2n) is 7.74. The maximum absolute atomic E-state index is 13.3. The van der Waals surface area contributed by atoms with Crippen LogP contribution in [0.1, 0.15) is 12.8 Å². The van der Waals surface area contributed by atoms with Gasteiger partial charge in [-0.05, 0) is 48.9 Å². The van der Waals surface area contributed by atoms with Crippen LogP contribution in [-0.4, -0.2) is 68.0 Å². The van der Waals surface area contributed by atoms with Crippen LogP contribution in [-0.2, 0) is 9.53 Å². The number of halogens is 1. The summed E-state index contributed by atoms with van der Waals surface area (Å²) in [5, 5.41) is 0.782. The molecule has 4 rings (SSSR count). The molecule has 1 fully saturated rings. The van der Waals surface area contributed by atoms with E-state index in [9.17, 15) is 4.79 Å². The smallest absolute Gasteiger partial charge is 0.229 e. The molecule has 0 unspecified atom stereocenters. The first kappa shape index (κ1) is 24.5. The molecule has 0 radical (unpaired) electrons. The van der Waals surface area contributed by atoms with Gasteiger partial charge >= 0.3 is 0 Å². The van der Waals surface area contributed by atoms with Gasteiger partial charge in [0.05, 0.1) is 30.5 Å². The van der Waals surface area contributed by atoms with Gasteiger partial charge in [-0.3, -0.25) is 14.6 Å². The van der Waals surface area contributed by atoms with Gasteiger partial charge in [-0.15, -0.1) is 11.8 Å². The Morgan fingerprint density at radius 3 is 2.79 bits per heavy atom. The topological polar surface area (TPSA) is 54.9 Å². The molecule has 0 atom stereocenters. The number of methoxy groups -OCH3 is 1. The van der Waals surface area contributed by atoms with E-state index in [1.54, 1.807) is 30.2 Å². The molecule has 0 bridgehead atoms. The third kappa shape index (κ3) is 6.93. The molecule has 0 aliphatic carbocycles. The van der Waals surface area contributed by atoms with Crippen LogP contribution in [0.4, 0.5) is 5.13 Å². The molecule has 1 amide bonds. The van der Waals surface area contributed by atoms with Crippen LogP contribution in [0.5, 0.6) is 5.75 Å². The summed E-state index contributed by atoms with van der Waals surface area (Å²) in [6.07, 6.45) is 1.38. The van der Waals surface area contributed by atoms with Crippen molar-refractivity contribution in [3.05, 3.63) is 46.9 Å². The zero-order valence-corrected chi connectivity index (χ0v) is 21.9. The lowest BCUT2D eigenvalue weighted by Gasteiger charge is -2.27. The van der Waals surface area contributed by atoms with Crippen molar-refractivity contribution in [1.29, 1.82) is 0 Å². The van der Waals surface area contributed by atoms with Crippen LogP contribution < -0.4 is 9.64 Å². The fraction of sp³-hybridized carbons (Fsp3) is 0.417. The van der Waals surface area contributed by atoms with Gasteiger partial charge in [-0.2, -0.15) is 0 Å². The largest absolute Gasteiger partial charge is 0.497 e. The highest BCUT2D eigenvalue weighted by Gasteiger charge is 2.20. The average molecular weight is 551 g/mol. The van der Waals surface area contributed by atoms with E-state index in [4.69, 9.17) is 14.5 Å². The van der Waals surface area contributed by atoms with Crippen LogP contribution in [0.2, 0.25) is 0 Å². The SMILES string of the molecule is COc1ccc(SCCC(=O)N(CCCN2CCOCC2)c2nc3ccc(Br)cc3s2)cc1. The van der Waals surface area contributed by atoms with E-state index in [0.717, 1.165) is 75.5 Å². The molecular formula is C24H28BrN3O3S2. The van der Waals surface area contributed by atoms with E-state index in [-0.39, 0.29) is 5.91 Å².